The molecule has 302 valence electrons. The number of aromatic nitrogens is 1. The summed E-state index contributed by atoms with van der Waals surface area (Å²) in [5.74, 6) is 1.00. The number of aryl methyl sites for hydroxylation is 1. The normalized spacial score (nSPS) is 12.2. The van der Waals surface area contributed by atoms with E-state index >= 15 is 0 Å². The maximum atomic E-state index is 7.09. The van der Waals surface area contributed by atoms with E-state index in [9.17, 15) is 0 Å². The lowest BCUT2D eigenvalue weighted by Crippen LogP contribution is -2.09. The van der Waals surface area contributed by atoms with Crippen LogP contribution in [0, 0.1) is 0 Å². The van der Waals surface area contributed by atoms with Gasteiger partial charge in [0.15, 0.2) is 0 Å². The minimum absolute atomic E-state index is 0.928. The average Bonchev–Trinajstić information content (AvgIpc) is 4.05. The molecular formula is C60H40N2OS. The Morgan fingerprint density at radius 3 is 1.69 bits per heavy atom. The van der Waals surface area contributed by atoms with Crippen LogP contribution in [-0.4, -0.2) is 4.57 Å². The predicted octanol–water partition coefficient (Wildman–Crippen LogP) is 17.0. The van der Waals surface area contributed by atoms with Gasteiger partial charge in [0.2, 0.25) is 0 Å². The van der Waals surface area contributed by atoms with Gasteiger partial charge in [-0.25, -0.2) is 0 Å². The Kier molecular flexibility index (Phi) is 8.53. The molecule has 0 atom stereocenters. The molecule has 0 N–H and O–H groups in total. The Morgan fingerprint density at radius 2 is 0.969 bits per heavy atom. The summed E-state index contributed by atoms with van der Waals surface area (Å²) in [5, 5.41) is 5.06. The maximum Gasteiger partial charge on any atom is 0.142 e. The van der Waals surface area contributed by atoms with E-state index in [2.05, 4.69) is 228 Å². The molecule has 9 aromatic carbocycles. The molecule has 64 heavy (non-hydrogen) atoms. The van der Waals surface area contributed by atoms with Crippen LogP contribution in [0.4, 0.5) is 17.1 Å². The van der Waals surface area contributed by atoms with Crippen molar-refractivity contribution in [2.75, 3.05) is 4.90 Å². The summed E-state index contributed by atoms with van der Waals surface area (Å²) in [6.07, 6.45) is 1.88. The van der Waals surface area contributed by atoms with Gasteiger partial charge in [0.05, 0.1) is 5.52 Å². The highest BCUT2D eigenvalue weighted by atomic mass is 32.1. The van der Waals surface area contributed by atoms with Gasteiger partial charge in [-0.2, -0.15) is 0 Å². The SMILES string of the molecule is c1ccc(-c2ccc(N(c3ccc(-c4cccc5c6c(oc45)-c4c(n(-c5ccccc5)c5ccccc45)CC6)cc3)c3ccc(-c4cccc5c4sc4ccccc45)cc3)cc2)cc1. The number of furan rings is 1. The van der Waals surface area contributed by atoms with Crippen molar-refractivity contribution in [3.05, 3.63) is 230 Å². The second kappa shape index (κ2) is 14.9. The Balaban J connectivity index is 0.896. The zero-order chi connectivity index (χ0) is 42.1. The van der Waals surface area contributed by atoms with Crippen molar-refractivity contribution in [3.63, 3.8) is 0 Å². The fourth-order valence-corrected chi connectivity index (χ4v) is 11.4. The second-order valence-electron chi connectivity index (χ2n) is 16.7. The number of rotatable bonds is 7. The molecule has 13 rings (SSSR count). The first-order chi connectivity index (χ1) is 31.7. The Morgan fingerprint density at radius 1 is 0.422 bits per heavy atom. The van der Waals surface area contributed by atoms with E-state index in [1.165, 1.54) is 81.2 Å². The summed E-state index contributed by atoms with van der Waals surface area (Å²) in [5.41, 5.74) is 17.5. The molecular weight excluding hydrogens is 797 g/mol. The van der Waals surface area contributed by atoms with Gasteiger partial charge < -0.3 is 13.9 Å². The van der Waals surface area contributed by atoms with Crippen molar-refractivity contribution in [2.24, 2.45) is 0 Å². The lowest BCUT2D eigenvalue weighted by atomic mass is 9.91. The van der Waals surface area contributed by atoms with Crippen LogP contribution in [0.3, 0.4) is 0 Å². The van der Waals surface area contributed by atoms with Crippen LogP contribution >= 0.6 is 11.3 Å². The summed E-state index contributed by atoms with van der Waals surface area (Å²) in [7, 11) is 0. The van der Waals surface area contributed by atoms with Gasteiger partial charge in [-0.05, 0) is 101 Å². The van der Waals surface area contributed by atoms with E-state index < -0.39 is 0 Å². The summed E-state index contributed by atoms with van der Waals surface area (Å²) >= 11 is 1.87. The fraction of sp³-hybridized carbons (Fsp3) is 0.0333. The number of hydrogen-bond donors (Lipinski definition) is 0. The molecule has 0 fully saturated rings. The molecule has 0 radical (unpaired) electrons. The first-order valence-corrected chi connectivity index (χ1v) is 22.9. The number of nitrogens with zero attached hydrogens (tertiary/aromatic N) is 2. The van der Waals surface area contributed by atoms with Crippen molar-refractivity contribution in [3.8, 4) is 50.4 Å². The molecule has 3 nitrogen and oxygen atoms in total. The van der Waals surface area contributed by atoms with Gasteiger partial charge in [-0.1, -0.05) is 158 Å². The van der Waals surface area contributed by atoms with Gasteiger partial charge >= 0.3 is 0 Å². The molecule has 12 aromatic rings. The molecule has 3 heterocycles. The maximum absolute atomic E-state index is 7.09. The summed E-state index contributed by atoms with van der Waals surface area (Å²) in [6, 6.07) is 79.1. The molecule has 1 aliphatic rings. The summed E-state index contributed by atoms with van der Waals surface area (Å²) < 4.78 is 12.2. The molecule has 0 saturated heterocycles. The Bertz CT molecular complexity index is 3690. The minimum Gasteiger partial charge on any atom is -0.455 e. The molecule has 0 bridgehead atoms. The molecule has 0 amide bonds. The van der Waals surface area contributed by atoms with Crippen LogP contribution in [0.1, 0.15) is 11.3 Å². The number of benzene rings is 9. The van der Waals surface area contributed by atoms with Crippen LogP contribution in [0.15, 0.2) is 223 Å². The topological polar surface area (TPSA) is 21.3 Å². The van der Waals surface area contributed by atoms with Crippen molar-refractivity contribution >= 4 is 70.4 Å². The van der Waals surface area contributed by atoms with E-state index in [0.29, 0.717) is 0 Å². The molecule has 0 spiro atoms. The zero-order valence-electron chi connectivity index (χ0n) is 34.9. The third kappa shape index (κ3) is 5.87. The first kappa shape index (κ1) is 36.7. The zero-order valence-corrected chi connectivity index (χ0v) is 35.7. The molecule has 0 unspecified atom stereocenters. The predicted molar refractivity (Wildman–Crippen MR) is 270 cm³/mol. The summed E-state index contributed by atoms with van der Waals surface area (Å²) in [4.78, 5) is 2.36. The van der Waals surface area contributed by atoms with Crippen molar-refractivity contribution in [2.45, 2.75) is 12.8 Å². The number of thiophene rings is 1. The smallest absolute Gasteiger partial charge is 0.142 e. The van der Waals surface area contributed by atoms with Crippen molar-refractivity contribution < 1.29 is 4.42 Å². The fourth-order valence-electron chi connectivity index (χ4n) is 10.2. The van der Waals surface area contributed by atoms with Crippen LogP contribution < -0.4 is 4.90 Å². The number of anilines is 3. The second-order valence-corrected chi connectivity index (χ2v) is 17.8. The quantitative estimate of drug-likeness (QED) is 0.159. The lowest BCUT2D eigenvalue weighted by molar-refractivity contribution is 0.621. The van der Waals surface area contributed by atoms with Gasteiger partial charge in [0.1, 0.15) is 11.3 Å². The lowest BCUT2D eigenvalue weighted by Gasteiger charge is -2.26. The van der Waals surface area contributed by atoms with Gasteiger partial charge in [0.25, 0.3) is 0 Å². The molecule has 0 saturated carbocycles. The van der Waals surface area contributed by atoms with E-state index in [1.54, 1.807) is 0 Å². The molecule has 0 aliphatic heterocycles. The highest BCUT2D eigenvalue weighted by Crippen LogP contribution is 2.48. The van der Waals surface area contributed by atoms with Gasteiger partial charge in [0, 0.05) is 76.1 Å². The van der Waals surface area contributed by atoms with Crippen molar-refractivity contribution in [1.82, 2.24) is 4.57 Å². The number of hydrogen-bond acceptors (Lipinski definition) is 3. The highest BCUT2D eigenvalue weighted by Gasteiger charge is 2.30. The first-order valence-electron chi connectivity index (χ1n) is 22.0. The van der Waals surface area contributed by atoms with E-state index in [4.69, 9.17) is 4.42 Å². The molecule has 4 heteroatoms. The van der Waals surface area contributed by atoms with Crippen LogP contribution in [-0.2, 0) is 12.8 Å². The third-order valence-electron chi connectivity index (χ3n) is 13.2. The number of para-hydroxylation sites is 3. The van der Waals surface area contributed by atoms with Crippen LogP contribution in [0.25, 0.3) is 92.4 Å². The molecule has 1 aliphatic carbocycles. The van der Waals surface area contributed by atoms with Crippen molar-refractivity contribution in [1.29, 1.82) is 0 Å². The highest BCUT2D eigenvalue weighted by molar-refractivity contribution is 7.26. The van der Waals surface area contributed by atoms with Crippen LogP contribution in [0.2, 0.25) is 0 Å². The number of fused-ring (bicyclic) bond motifs is 10. The molecule has 3 aromatic heterocycles. The van der Waals surface area contributed by atoms with E-state index in [-0.39, 0.29) is 0 Å². The van der Waals surface area contributed by atoms with Gasteiger partial charge in [-0.3, -0.25) is 0 Å². The Hall–Kier alpha value is -7.92. The minimum atomic E-state index is 0.928. The van der Waals surface area contributed by atoms with E-state index in [0.717, 1.165) is 52.4 Å². The largest absolute Gasteiger partial charge is 0.455 e. The standard InChI is InChI=1S/C60H40N2OS/c1-3-13-39(14-4-1)40-25-31-44(32-26-40)61(46-35-29-42(30-36-46)48-20-12-22-52-49-17-8-10-24-56(49)64-60(48)52)45-33-27-41(28-34-45)47-19-11-21-50-51-37-38-55-57(59(51)63-58(47)50)53-18-7-9-23-54(53)62(55)43-15-5-2-6-16-43/h1-36H,37-38H2. The Labute approximate surface area is 375 Å². The van der Waals surface area contributed by atoms with Gasteiger partial charge in [-0.15, -0.1) is 11.3 Å². The third-order valence-corrected chi connectivity index (χ3v) is 14.4. The summed E-state index contributed by atoms with van der Waals surface area (Å²) in [6.45, 7) is 0. The average molecular weight is 837 g/mol. The monoisotopic (exact) mass is 836 g/mol. The van der Waals surface area contributed by atoms with Crippen LogP contribution in [0.5, 0.6) is 0 Å². The van der Waals surface area contributed by atoms with E-state index in [1.807, 2.05) is 11.3 Å².